The third kappa shape index (κ3) is 4.62. The van der Waals surface area contributed by atoms with Crippen LogP contribution in [0, 0.1) is 11.7 Å². The summed E-state index contributed by atoms with van der Waals surface area (Å²) in [5, 5.41) is 3.09. The first-order chi connectivity index (χ1) is 14.6. The molecule has 6 nitrogen and oxygen atoms in total. The molecule has 0 saturated carbocycles. The molecule has 2 aromatic rings. The lowest BCUT2D eigenvalue weighted by Crippen LogP contribution is -2.41. The Labute approximate surface area is 175 Å². The molecule has 0 unspecified atom stereocenters. The topological polar surface area (TPSA) is 61.9 Å². The van der Waals surface area contributed by atoms with Crippen LogP contribution in [0.4, 0.5) is 15.8 Å². The quantitative estimate of drug-likeness (QED) is 0.840. The van der Waals surface area contributed by atoms with Gasteiger partial charge < -0.3 is 19.9 Å². The number of hydrogen-bond acceptors (Lipinski definition) is 4. The fraction of sp³-hybridized carbons (Fsp3) is 0.391. The molecule has 0 radical (unpaired) electrons. The van der Waals surface area contributed by atoms with Crippen molar-refractivity contribution >= 4 is 23.2 Å². The average molecular weight is 411 g/mol. The predicted octanol–water partition coefficient (Wildman–Crippen LogP) is 3.15. The van der Waals surface area contributed by atoms with Crippen LogP contribution >= 0.6 is 0 Å². The summed E-state index contributed by atoms with van der Waals surface area (Å²) in [5.41, 5.74) is 2.30. The van der Waals surface area contributed by atoms with Crippen LogP contribution in [0.3, 0.4) is 0 Å². The molecule has 2 aliphatic heterocycles. The molecule has 158 valence electrons. The van der Waals surface area contributed by atoms with E-state index in [1.807, 2.05) is 24.3 Å². The van der Waals surface area contributed by atoms with E-state index in [9.17, 15) is 14.0 Å². The van der Waals surface area contributed by atoms with Crippen LogP contribution in [0.15, 0.2) is 48.5 Å². The summed E-state index contributed by atoms with van der Waals surface area (Å²) in [5.74, 6) is -0.629. The van der Waals surface area contributed by atoms with E-state index in [1.54, 1.807) is 4.90 Å². The summed E-state index contributed by atoms with van der Waals surface area (Å²) in [7, 11) is 0. The van der Waals surface area contributed by atoms with Crippen molar-refractivity contribution in [2.75, 3.05) is 49.6 Å². The fourth-order valence-electron chi connectivity index (χ4n) is 4.01. The lowest BCUT2D eigenvalue weighted by atomic mass is 9.95. The highest BCUT2D eigenvalue weighted by Crippen LogP contribution is 2.28. The van der Waals surface area contributed by atoms with Gasteiger partial charge in [0.15, 0.2) is 0 Å². The molecular formula is C23H26FN3O3. The van der Waals surface area contributed by atoms with E-state index in [4.69, 9.17) is 4.74 Å². The van der Waals surface area contributed by atoms with Crippen LogP contribution in [0.5, 0.6) is 0 Å². The Morgan fingerprint density at radius 1 is 0.933 bits per heavy atom. The monoisotopic (exact) mass is 411 g/mol. The van der Waals surface area contributed by atoms with Crippen LogP contribution < -0.4 is 10.2 Å². The zero-order chi connectivity index (χ0) is 20.9. The Morgan fingerprint density at radius 3 is 2.30 bits per heavy atom. The van der Waals surface area contributed by atoms with E-state index < -0.39 is 0 Å². The van der Waals surface area contributed by atoms with E-state index in [0.717, 1.165) is 24.5 Å². The summed E-state index contributed by atoms with van der Waals surface area (Å²) in [6.45, 7) is 4.00. The van der Waals surface area contributed by atoms with E-state index in [0.29, 0.717) is 44.7 Å². The van der Waals surface area contributed by atoms with Crippen molar-refractivity contribution in [3.63, 3.8) is 0 Å². The standard InChI is InChI=1S/C23H26FN3O3/c24-19-7-5-18(6-8-19)23(29)27-11-9-17(10-12-27)22(28)25-20-3-1-2-4-21(20)26-13-15-30-16-14-26/h1-8,17H,9-16H2,(H,25,28). The van der Waals surface area contributed by atoms with Crippen molar-refractivity contribution in [3.8, 4) is 0 Å². The number of piperidine rings is 1. The number of amides is 2. The summed E-state index contributed by atoms with van der Waals surface area (Å²) < 4.78 is 18.5. The number of nitrogens with one attached hydrogen (secondary N) is 1. The zero-order valence-electron chi connectivity index (χ0n) is 16.9. The SMILES string of the molecule is O=C(Nc1ccccc1N1CCOCC1)C1CCN(C(=O)c2ccc(F)cc2)CC1. The van der Waals surface area contributed by atoms with Gasteiger partial charge in [0, 0.05) is 37.7 Å². The number of ether oxygens (including phenoxy) is 1. The van der Waals surface area contributed by atoms with Crippen LogP contribution in [-0.2, 0) is 9.53 Å². The lowest BCUT2D eigenvalue weighted by molar-refractivity contribution is -0.121. The normalized spacial score (nSPS) is 17.6. The van der Waals surface area contributed by atoms with Crippen LogP contribution in [0.2, 0.25) is 0 Å². The minimum atomic E-state index is -0.362. The minimum absolute atomic E-state index is 0.00964. The molecule has 30 heavy (non-hydrogen) atoms. The van der Waals surface area contributed by atoms with Gasteiger partial charge in [0.2, 0.25) is 5.91 Å². The number of anilines is 2. The maximum Gasteiger partial charge on any atom is 0.253 e. The number of hydrogen-bond donors (Lipinski definition) is 1. The fourth-order valence-corrected chi connectivity index (χ4v) is 4.01. The molecular weight excluding hydrogens is 385 g/mol. The Balaban J connectivity index is 1.35. The molecule has 0 atom stereocenters. The van der Waals surface area contributed by atoms with E-state index >= 15 is 0 Å². The molecule has 0 spiro atoms. The largest absolute Gasteiger partial charge is 0.378 e. The molecule has 2 amide bonds. The number of carbonyl (C=O) groups is 2. The number of halogens is 1. The van der Waals surface area contributed by atoms with E-state index in [1.165, 1.54) is 24.3 Å². The maximum atomic E-state index is 13.1. The van der Waals surface area contributed by atoms with Gasteiger partial charge in [-0.2, -0.15) is 0 Å². The van der Waals surface area contributed by atoms with Crippen molar-refractivity contribution in [2.45, 2.75) is 12.8 Å². The van der Waals surface area contributed by atoms with Crippen molar-refractivity contribution in [2.24, 2.45) is 5.92 Å². The minimum Gasteiger partial charge on any atom is -0.378 e. The molecule has 2 aliphatic rings. The molecule has 2 aromatic carbocycles. The third-order valence-electron chi connectivity index (χ3n) is 5.76. The number of carbonyl (C=O) groups excluding carboxylic acids is 2. The smallest absolute Gasteiger partial charge is 0.253 e. The van der Waals surface area contributed by atoms with Gasteiger partial charge in [-0.15, -0.1) is 0 Å². The molecule has 4 rings (SSSR count). The summed E-state index contributed by atoms with van der Waals surface area (Å²) in [6.07, 6.45) is 1.22. The van der Waals surface area contributed by atoms with Gasteiger partial charge in [-0.1, -0.05) is 12.1 Å². The van der Waals surface area contributed by atoms with Gasteiger partial charge in [0.25, 0.3) is 5.91 Å². The van der Waals surface area contributed by atoms with E-state index in [-0.39, 0.29) is 23.5 Å². The van der Waals surface area contributed by atoms with Gasteiger partial charge in [-0.05, 0) is 49.2 Å². The second-order valence-electron chi connectivity index (χ2n) is 7.68. The van der Waals surface area contributed by atoms with Gasteiger partial charge in [-0.25, -0.2) is 4.39 Å². The summed E-state index contributed by atoms with van der Waals surface area (Å²) >= 11 is 0. The van der Waals surface area contributed by atoms with Gasteiger partial charge >= 0.3 is 0 Å². The van der Waals surface area contributed by atoms with Gasteiger partial charge in [0.1, 0.15) is 5.82 Å². The number of rotatable bonds is 4. The highest BCUT2D eigenvalue weighted by atomic mass is 19.1. The number of morpholine rings is 1. The Hall–Kier alpha value is -2.93. The van der Waals surface area contributed by atoms with Crippen LogP contribution in [-0.4, -0.2) is 56.1 Å². The second kappa shape index (κ2) is 9.26. The zero-order valence-corrected chi connectivity index (χ0v) is 16.9. The Kier molecular flexibility index (Phi) is 6.28. The molecule has 2 fully saturated rings. The third-order valence-corrected chi connectivity index (χ3v) is 5.76. The summed E-state index contributed by atoms with van der Waals surface area (Å²) in [6, 6.07) is 13.4. The molecule has 1 N–H and O–H groups in total. The first-order valence-corrected chi connectivity index (χ1v) is 10.4. The predicted molar refractivity (Wildman–Crippen MR) is 113 cm³/mol. The number of likely N-dealkylation sites (tertiary alicyclic amines) is 1. The van der Waals surface area contributed by atoms with Crippen molar-refractivity contribution in [1.29, 1.82) is 0 Å². The van der Waals surface area contributed by atoms with Crippen molar-refractivity contribution < 1.29 is 18.7 Å². The average Bonchev–Trinajstić information content (AvgIpc) is 2.80. The number of benzene rings is 2. The molecule has 7 heteroatoms. The summed E-state index contributed by atoms with van der Waals surface area (Å²) in [4.78, 5) is 29.4. The van der Waals surface area contributed by atoms with Gasteiger partial charge in [-0.3, -0.25) is 9.59 Å². The molecule has 0 aromatic heterocycles. The Morgan fingerprint density at radius 2 is 1.60 bits per heavy atom. The van der Waals surface area contributed by atoms with Crippen molar-refractivity contribution in [1.82, 2.24) is 4.90 Å². The lowest BCUT2D eigenvalue weighted by Gasteiger charge is -2.33. The van der Waals surface area contributed by atoms with Crippen LogP contribution in [0.1, 0.15) is 23.2 Å². The number of nitrogens with zero attached hydrogens (tertiary/aromatic N) is 2. The van der Waals surface area contributed by atoms with E-state index in [2.05, 4.69) is 10.2 Å². The number of para-hydroxylation sites is 2. The maximum absolute atomic E-state index is 13.1. The van der Waals surface area contributed by atoms with Gasteiger partial charge in [0.05, 0.1) is 24.6 Å². The molecule has 2 saturated heterocycles. The first kappa shape index (κ1) is 20.3. The van der Waals surface area contributed by atoms with Crippen molar-refractivity contribution in [3.05, 3.63) is 59.9 Å². The molecule has 2 heterocycles. The first-order valence-electron chi connectivity index (χ1n) is 10.4. The van der Waals surface area contributed by atoms with Crippen LogP contribution in [0.25, 0.3) is 0 Å². The Bertz CT molecular complexity index is 889. The second-order valence-corrected chi connectivity index (χ2v) is 7.68. The highest BCUT2D eigenvalue weighted by molar-refractivity contribution is 5.97. The molecule has 0 aliphatic carbocycles. The highest BCUT2D eigenvalue weighted by Gasteiger charge is 2.28. The molecule has 0 bridgehead atoms.